The van der Waals surface area contributed by atoms with Crippen molar-refractivity contribution in [1.29, 1.82) is 0 Å². The van der Waals surface area contributed by atoms with Gasteiger partial charge in [-0.05, 0) is 37.0 Å². The minimum absolute atomic E-state index is 0.0254. The van der Waals surface area contributed by atoms with E-state index >= 15 is 0 Å². The molecule has 0 heterocycles. The van der Waals surface area contributed by atoms with Crippen LogP contribution in [0, 0.1) is 5.92 Å². The smallest absolute Gasteiger partial charge is 0.338 e. The summed E-state index contributed by atoms with van der Waals surface area (Å²) in [5.41, 5.74) is 0.0268. The van der Waals surface area contributed by atoms with E-state index < -0.39 is 22.6 Å². The molecule has 2 rings (SSSR count). The quantitative estimate of drug-likeness (QED) is 0.621. The number of nitrogens with zero attached hydrogens (tertiary/aromatic N) is 1. The van der Waals surface area contributed by atoms with Crippen LogP contribution in [0.3, 0.4) is 0 Å². The summed E-state index contributed by atoms with van der Waals surface area (Å²) in [4.78, 5) is 24.3. The maximum atomic E-state index is 12.7. The number of benzene rings is 1. The van der Waals surface area contributed by atoms with Gasteiger partial charge in [0.2, 0.25) is 10.0 Å². The topological polar surface area (TPSA) is 92.8 Å². The van der Waals surface area contributed by atoms with Crippen LogP contribution in [-0.2, 0) is 19.6 Å². The number of carbonyl (C=O) groups is 2. The molecule has 0 unspecified atom stereocenters. The SMILES string of the molecule is CCN(CC)S(=O)(=O)c1cc(C(=O)OCC(=O)N[C@H]2CCCC[C@H]2C)ccc1Cl. The summed E-state index contributed by atoms with van der Waals surface area (Å²) < 4.78 is 31.8. The molecule has 0 bridgehead atoms. The summed E-state index contributed by atoms with van der Waals surface area (Å²) in [6.07, 6.45) is 4.23. The number of carbonyl (C=O) groups excluding carboxylic acids is 2. The van der Waals surface area contributed by atoms with Crippen molar-refractivity contribution in [2.75, 3.05) is 19.7 Å². The zero-order chi connectivity index (χ0) is 21.6. The second kappa shape index (κ2) is 10.4. The molecule has 0 radical (unpaired) electrons. The highest BCUT2D eigenvalue weighted by Gasteiger charge is 2.26. The van der Waals surface area contributed by atoms with Crippen LogP contribution in [0.25, 0.3) is 0 Å². The molecular formula is C20H29ClN2O5S. The molecule has 1 amide bonds. The van der Waals surface area contributed by atoms with Gasteiger partial charge in [-0.15, -0.1) is 0 Å². The van der Waals surface area contributed by atoms with Crippen LogP contribution in [0.4, 0.5) is 0 Å². The van der Waals surface area contributed by atoms with Crippen molar-refractivity contribution in [3.63, 3.8) is 0 Å². The number of hydrogen-bond acceptors (Lipinski definition) is 5. The molecule has 1 aliphatic carbocycles. The van der Waals surface area contributed by atoms with Crippen molar-refractivity contribution in [1.82, 2.24) is 9.62 Å². The molecule has 29 heavy (non-hydrogen) atoms. The van der Waals surface area contributed by atoms with Gasteiger partial charge in [-0.1, -0.05) is 45.2 Å². The number of rotatable bonds is 8. The van der Waals surface area contributed by atoms with E-state index in [4.69, 9.17) is 16.3 Å². The Bertz CT molecular complexity index is 839. The van der Waals surface area contributed by atoms with Crippen molar-refractivity contribution in [2.24, 2.45) is 5.92 Å². The molecule has 7 nitrogen and oxygen atoms in total. The average Bonchev–Trinajstić information content (AvgIpc) is 2.69. The summed E-state index contributed by atoms with van der Waals surface area (Å²) in [5.74, 6) is -0.737. The van der Waals surface area contributed by atoms with Crippen LogP contribution in [0.2, 0.25) is 5.02 Å². The Morgan fingerprint density at radius 1 is 1.21 bits per heavy atom. The molecule has 1 saturated carbocycles. The third-order valence-corrected chi connectivity index (χ3v) is 7.81. The van der Waals surface area contributed by atoms with E-state index in [0.29, 0.717) is 5.92 Å². The maximum Gasteiger partial charge on any atom is 0.338 e. The van der Waals surface area contributed by atoms with E-state index in [9.17, 15) is 18.0 Å². The van der Waals surface area contributed by atoms with E-state index in [1.54, 1.807) is 13.8 Å². The van der Waals surface area contributed by atoms with Crippen LogP contribution >= 0.6 is 11.6 Å². The molecular weight excluding hydrogens is 416 g/mol. The van der Waals surface area contributed by atoms with Crippen molar-refractivity contribution < 1.29 is 22.7 Å². The van der Waals surface area contributed by atoms with Gasteiger partial charge in [0.15, 0.2) is 6.61 Å². The van der Waals surface area contributed by atoms with Gasteiger partial charge in [0, 0.05) is 19.1 Å². The first-order valence-corrected chi connectivity index (χ1v) is 11.8. The lowest BCUT2D eigenvalue weighted by Crippen LogP contribution is -2.42. The molecule has 1 N–H and O–H groups in total. The molecule has 1 aromatic rings. The predicted molar refractivity (Wildman–Crippen MR) is 111 cm³/mol. The molecule has 0 aromatic heterocycles. The third-order valence-electron chi connectivity index (χ3n) is 5.28. The summed E-state index contributed by atoms with van der Waals surface area (Å²) >= 11 is 6.07. The molecule has 0 spiro atoms. The second-order valence-corrected chi connectivity index (χ2v) is 9.56. The highest BCUT2D eigenvalue weighted by Crippen LogP contribution is 2.26. The van der Waals surface area contributed by atoms with Crippen LogP contribution < -0.4 is 5.32 Å². The first kappa shape index (κ1) is 23.6. The normalized spacial score (nSPS) is 19.8. The second-order valence-electron chi connectivity index (χ2n) is 7.25. The van der Waals surface area contributed by atoms with Crippen LogP contribution in [0.15, 0.2) is 23.1 Å². The molecule has 0 aliphatic heterocycles. The number of amides is 1. The zero-order valence-corrected chi connectivity index (χ0v) is 18.7. The molecule has 0 saturated heterocycles. The fourth-order valence-corrected chi connectivity index (χ4v) is 5.48. The summed E-state index contributed by atoms with van der Waals surface area (Å²) in [6.45, 7) is 5.69. The van der Waals surface area contributed by atoms with E-state index in [2.05, 4.69) is 12.2 Å². The van der Waals surface area contributed by atoms with Crippen LogP contribution in [0.1, 0.15) is 56.8 Å². The third kappa shape index (κ3) is 5.93. The van der Waals surface area contributed by atoms with E-state index in [1.165, 1.54) is 22.5 Å². The van der Waals surface area contributed by atoms with Gasteiger partial charge >= 0.3 is 5.97 Å². The lowest BCUT2D eigenvalue weighted by molar-refractivity contribution is -0.125. The molecule has 1 aliphatic rings. The fraction of sp³-hybridized carbons (Fsp3) is 0.600. The minimum atomic E-state index is -3.83. The largest absolute Gasteiger partial charge is 0.452 e. The number of esters is 1. The Labute approximate surface area is 177 Å². The number of halogens is 1. The van der Waals surface area contributed by atoms with Gasteiger partial charge in [-0.25, -0.2) is 13.2 Å². The van der Waals surface area contributed by atoms with Crippen LogP contribution in [-0.4, -0.2) is 50.3 Å². The predicted octanol–water partition coefficient (Wildman–Crippen LogP) is 3.22. The van der Waals surface area contributed by atoms with Crippen molar-refractivity contribution in [2.45, 2.75) is 57.4 Å². The first-order valence-electron chi connectivity index (χ1n) is 9.96. The first-order chi connectivity index (χ1) is 13.7. The van der Waals surface area contributed by atoms with Crippen molar-refractivity contribution in [3.05, 3.63) is 28.8 Å². The van der Waals surface area contributed by atoms with Gasteiger partial charge in [0.1, 0.15) is 4.90 Å². The molecule has 162 valence electrons. The molecule has 2 atom stereocenters. The highest BCUT2D eigenvalue weighted by atomic mass is 35.5. The Morgan fingerprint density at radius 2 is 1.86 bits per heavy atom. The van der Waals surface area contributed by atoms with Gasteiger partial charge in [0.05, 0.1) is 10.6 Å². The summed E-state index contributed by atoms with van der Waals surface area (Å²) in [5, 5.41) is 2.94. The number of sulfonamides is 1. The Morgan fingerprint density at radius 3 is 2.48 bits per heavy atom. The lowest BCUT2D eigenvalue weighted by atomic mass is 9.86. The standard InChI is InChI=1S/C20H29ClN2O5S/c1-4-23(5-2)29(26,27)18-12-15(10-11-16(18)21)20(25)28-13-19(24)22-17-9-7-6-8-14(17)3/h10-12,14,17H,4-9,13H2,1-3H3,(H,22,24)/t14-,17+/m1/s1. The summed E-state index contributed by atoms with van der Waals surface area (Å²) in [6, 6.07) is 4.02. The number of hydrogen-bond donors (Lipinski definition) is 1. The molecule has 1 aromatic carbocycles. The van der Waals surface area contributed by atoms with Gasteiger partial charge in [0.25, 0.3) is 5.91 Å². The highest BCUT2D eigenvalue weighted by molar-refractivity contribution is 7.89. The minimum Gasteiger partial charge on any atom is -0.452 e. The van der Waals surface area contributed by atoms with E-state index in [1.807, 2.05) is 0 Å². The van der Waals surface area contributed by atoms with E-state index in [-0.39, 0.29) is 40.5 Å². The fourth-order valence-electron chi connectivity index (χ4n) is 3.52. The molecule has 1 fully saturated rings. The maximum absolute atomic E-state index is 12.7. The number of ether oxygens (including phenoxy) is 1. The Hall–Kier alpha value is -1.64. The van der Waals surface area contributed by atoms with E-state index in [0.717, 1.165) is 25.7 Å². The average molecular weight is 445 g/mol. The van der Waals surface area contributed by atoms with Gasteiger partial charge < -0.3 is 10.1 Å². The Kier molecular flexibility index (Phi) is 8.48. The lowest BCUT2D eigenvalue weighted by Gasteiger charge is -2.29. The van der Waals surface area contributed by atoms with Crippen molar-refractivity contribution >= 4 is 33.5 Å². The van der Waals surface area contributed by atoms with Crippen LogP contribution in [0.5, 0.6) is 0 Å². The number of nitrogens with one attached hydrogen (secondary N) is 1. The van der Waals surface area contributed by atoms with Gasteiger partial charge in [-0.2, -0.15) is 4.31 Å². The summed E-state index contributed by atoms with van der Waals surface area (Å²) in [7, 11) is -3.83. The zero-order valence-electron chi connectivity index (χ0n) is 17.1. The van der Waals surface area contributed by atoms with Crippen molar-refractivity contribution in [3.8, 4) is 0 Å². The van der Waals surface area contributed by atoms with Gasteiger partial charge in [-0.3, -0.25) is 4.79 Å². The molecule has 9 heteroatoms. The Balaban J connectivity index is 2.05. The monoisotopic (exact) mass is 444 g/mol.